The van der Waals surface area contributed by atoms with Gasteiger partial charge in [0.2, 0.25) is 0 Å². The van der Waals surface area contributed by atoms with E-state index in [1.807, 2.05) is 0 Å². The molecule has 1 aliphatic carbocycles. The molecule has 0 radical (unpaired) electrons. The van der Waals surface area contributed by atoms with E-state index in [0.29, 0.717) is 0 Å². The van der Waals surface area contributed by atoms with Gasteiger partial charge in [0.25, 0.3) is 0 Å². The quantitative estimate of drug-likeness (QED) is 0.158. The second-order valence-corrected chi connectivity index (χ2v) is 16.8. The van der Waals surface area contributed by atoms with Crippen LogP contribution in [0.1, 0.15) is 25.0 Å². The fraction of sp³-hybridized carbons (Fsp3) is 0.0508. The molecule has 1 aliphatic rings. The first-order valence-corrected chi connectivity index (χ1v) is 21.0. The van der Waals surface area contributed by atoms with E-state index in [0.717, 1.165) is 17.1 Å². The Morgan fingerprint density at radius 3 is 1.30 bits per heavy atom. The Balaban J connectivity index is 1.06. The molecule has 1 nitrogen and oxygen atoms in total. The maximum atomic E-state index is 2.52. The molecular formula is C59H41N. The Labute approximate surface area is 350 Å². The van der Waals surface area contributed by atoms with E-state index in [4.69, 9.17) is 0 Å². The van der Waals surface area contributed by atoms with Gasteiger partial charge in [-0.05, 0) is 141 Å². The van der Waals surface area contributed by atoms with Crippen molar-refractivity contribution < 1.29 is 0 Å². The summed E-state index contributed by atoms with van der Waals surface area (Å²) in [6.07, 6.45) is 0. The number of benzene rings is 11. The topological polar surface area (TPSA) is 3.24 Å². The van der Waals surface area contributed by atoms with Gasteiger partial charge in [0, 0.05) is 22.5 Å². The van der Waals surface area contributed by atoms with Crippen LogP contribution in [0, 0.1) is 0 Å². The summed E-state index contributed by atoms with van der Waals surface area (Å²) in [4.78, 5) is 2.39. The lowest BCUT2D eigenvalue weighted by Crippen LogP contribution is -2.15. The molecule has 0 saturated heterocycles. The van der Waals surface area contributed by atoms with E-state index < -0.39 is 0 Å². The van der Waals surface area contributed by atoms with Crippen molar-refractivity contribution in [3.8, 4) is 33.4 Å². The number of fused-ring (bicyclic) bond motifs is 9. The Morgan fingerprint density at radius 1 is 0.300 bits per heavy atom. The summed E-state index contributed by atoms with van der Waals surface area (Å²) in [5, 5.41) is 12.6. The van der Waals surface area contributed by atoms with Crippen LogP contribution in [0.15, 0.2) is 212 Å². The van der Waals surface area contributed by atoms with Crippen molar-refractivity contribution >= 4 is 70.9 Å². The van der Waals surface area contributed by atoms with Crippen molar-refractivity contribution in [3.63, 3.8) is 0 Å². The van der Waals surface area contributed by atoms with Gasteiger partial charge in [-0.1, -0.05) is 184 Å². The van der Waals surface area contributed by atoms with E-state index in [1.54, 1.807) is 0 Å². The van der Waals surface area contributed by atoms with Crippen LogP contribution in [0.2, 0.25) is 0 Å². The molecule has 0 spiro atoms. The summed E-state index contributed by atoms with van der Waals surface area (Å²) in [6.45, 7) is 4.78. The van der Waals surface area contributed by atoms with Crippen molar-refractivity contribution in [2.75, 3.05) is 4.90 Å². The molecule has 1 heteroatoms. The van der Waals surface area contributed by atoms with E-state index in [1.165, 1.54) is 98.4 Å². The van der Waals surface area contributed by atoms with Gasteiger partial charge >= 0.3 is 0 Å². The molecule has 12 rings (SSSR count). The summed E-state index contributed by atoms with van der Waals surface area (Å²) in [5.41, 5.74) is 13.8. The zero-order chi connectivity index (χ0) is 40.0. The molecular weight excluding hydrogens is 723 g/mol. The molecule has 0 heterocycles. The standard InChI is InChI=1S/C59H41N/c1-59(2)54-26-14-13-25-52(54)58-47-20-8-7-19-46(47)53(37-55(58)59)57-50-23-11-9-21-48(50)56(49-22-10-12-24-51(49)57)40-29-31-43(32-30-40)60(44-33-27-38-15-3-5-17-41(38)35-44)45-34-28-39-16-4-6-18-42(39)36-45/h3-37H,1-2H3. The van der Waals surface area contributed by atoms with Gasteiger partial charge in [0.15, 0.2) is 0 Å². The van der Waals surface area contributed by atoms with E-state index >= 15 is 0 Å². The smallest absolute Gasteiger partial charge is 0.0468 e. The molecule has 0 bridgehead atoms. The second-order valence-electron chi connectivity index (χ2n) is 16.8. The predicted molar refractivity (Wildman–Crippen MR) is 257 cm³/mol. The van der Waals surface area contributed by atoms with Crippen LogP contribution in [0.25, 0.3) is 87.2 Å². The van der Waals surface area contributed by atoms with E-state index in [-0.39, 0.29) is 5.41 Å². The first-order valence-electron chi connectivity index (χ1n) is 21.0. The van der Waals surface area contributed by atoms with Crippen molar-refractivity contribution in [1.29, 1.82) is 0 Å². The summed E-state index contributed by atoms with van der Waals surface area (Å²) >= 11 is 0. The lowest BCUT2D eigenvalue weighted by Gasteiger charge is -2.27. The lowest BCUT2D eigenvalue weighted by molar-refractivity contribution is 0.661. The van der Waals surface area contributed by atoms with E-state index in [2.05, 4.69) is 231 Å². The lowest BCUT2D eigenvalue weighted by atomic mass is 9.79. The normalized spacial score (nSPS) is 13.0. The van der Waals surface area contributed by atoms with Crippen LogP contribution in [-0.2, 0) is 5.41 Å². The largest absolute Gasteiger partial charge is 0.310 e. The third kappa shape index (κ3) is 5.19. The minimum atomic E-state index is -0.119. The highest BCUT2D eigenvalue weighted by molar-refractivity contribution is 6.24. The Kier molecular flexibility index (Phi) is 7.65. The van der Waals surface area contributed by atoms with Gasteiger partial charge in [0.1, 0.15) is 0 Å². The maximum Gasteiger partial charge on any atom is 0.0468 e. The van der Waals surface area contributed by atoms with Gasteiger partial charge < -0.3 is 4.90 Å². The molecule has 0 unspecified atom stereocenters. The number of hydrogen-bond donors (Lipinski definition) is 0. The zero-order valence-electron chi connectivity index (χ0n) is 33.7. The fourth-order valence-electron chi connectivity index (χ4n) is 10.3. The van der Waals surface area contributed by atoms with Gasteiger partial charge in [0.05, 0.1) is 0 Å². The zero-order valence-corrected chi connectivity index (χ0v) is 33.7. The molecule has 60 heavy (non-hydrogen) atoms. The number of nitrogens with zero attached hydrogens (tertiary/aromatic N) is 1. The predicted octanol–water partition coefficient (Wildman–Crippen LogP) is 16.6. The second kappa shape index (κ2) is 13.3. The summed E-state index contributed by atoms with van der Waals surface area (Å²) in [6, 6.07) is 78.7. The molecule has 0 amide bonds. The van der Waals surface area contributed by atoms with Gasteiger partial charge in [-0.3, -0.25) is 0 Å². The summed E-state index contributed by atoms with van der Waals surface area (Å²) < 4.78 is 0. The van der Waals surface area contributed by atoms with Gasteiger partial charge in [-0.15, -0.1) is 0 Å². The first kappa shape index (κ1) is 34.6. The van der Waals surface area contributed by atoms with Crippen LogP contribution in [0.4, 0.5) is 17.1 Å². The molecule has 11 aromatic carbocycles. The van der Waals surface area contributed by atoms with E-state index in [9.17, 15) is 0 Å². The Morgan fingerprint density at radius 2 is 0.733 bits per heavy atom. The Hall–Kier alpha value is -7.48. The SMILES string of the molecule is CC1(C)c2ccccc2-c2c1cc(-c1c3ccccc3c(-c3ccc(N(c4ccc5ccccc5c4)c4ccc5ccccc5c4)cc3)c3ccccc13)c1ccccc21. The van der Waals surface area contributed by atoms with Crippen LogP contribution >= 0.6 is 0 Å². The highest BCUT2D eigenvalue weighted by Crippen LogP contribution is 2.55. The average molecular weight is 764 g/mol. The Bertz CT molecular complexity index is 3380. The van der Waals surface area contributed by atoms with Crippen molar-refractivity contribution in [3.05, 3.63) is 223 Å². The highest BCUT2D eigenvalue weighted by atomic mass is 15.1. The van der Waals surface area contributed by atoms with Gasteiger partial charge in [-0.2, -0.15) is 0 Å². The fourth-order valence-corrected chi connectivity index (χ4v) is 10.3. The minimum Gasteiger partial charge on any atom is -0.310 e. The third-order valence-electron chi connectivity index (χ3n) is 13.2. The number of hydrogen-bond acceptors (Lipinski definition) is 1. The molecule has 0 saturated carbocycles. The summed E-state index contributed by atoms with van der Waals surface area (Å²) in [5.74, 6) is 0. The van der Waals surface area contributed by atoms with Crippen LogP contribution in [0.3, 0.4) is 0 Å². The molecule has 11 aromatic rings. The molecule has 0 N–H and O–H groups in total. The van der Waals surface area contributed by atoms with Crippen molar-refractivity contribution in [2.45, 2.75) is 19.3 Å². The number of rotatable bonds is 5. The monoisotopic (exact) mass is 763 g/mol. The molecule has 0 aliphatic heterocycles. The molecule has 0 atom stereocenters. The molecule has 0 fully saturated rings. The highest BCUT2D eigenvalue weighted by Gasteiger charge is 2.37. The number of anilines is 3. The van der Waals surface area contributed by atoms with Crippen LogP contribution in [-0.4, -0.2) is 0 Å². The summed E-state index contributed by atoms with van der Waals surface area (Å²) in [7, 11) is 0. The average Bonchev–Trinajstić information content (AvgIpc) is 3.54. The minimum absolute atomic E-state index is 0.119. The first-order chi connectivity index (χ1) is 29.5. The molecule has 282 valence electrons. The van der Waals surface area contributed by atoms with Crippen molar-refractivity contribution in [1.82, 2.24) is 0 Å². The molecule has 0 aromatic heterocycles. The van der Waals surface area contributed by atoms with Crippen LogP contribution < -0.4 is 4.90 Å². The third-order valence-corrected chi connectivity index (χ3v) is 13.2. The van der Waals surface area contributed by atoms with Gasteiger partial charge in [-0.25, -0.2) is 0 Å². The maximum absolute atomic E-state index is 2.52. The van der Waals surface area contributed by atoms with Crippen molar-refractivity contribution in [2.24, 2.45) is 0 Å². The van der Waals surface area contributed by atoms with Crippen LogP contribution in [0.5, 0.6) is 0 Å².